The Hall–Kier alpha value is -1.91. The second-order valence-electron chi connectivity index (χ2n) is 4.31. The van der Waals surface area contributed by atoms with E-state index in [4.69, 9.17) is 43.8 Å². The zero-order chi connectivity index (χ0) is 15.4. The molecule has 0 aliphatic carbocycles. The van der Waals surface area contributed by atoms with Gasteiger partial charge in [-0.05, 0) is 29.8 Å². The largest absolute Gasteiger partial charge is 0.496 e. The van der Waals surface area contributed by atoms with E-state index >= 15 is 0 Å². The molecule has 4 nitrogen and oxygen atoms in total. The number of hydrogen-bond acceptors (Lipinski definition) is 3. The molecule has 0 saturated carbocycles. The highest BCUT2D eigenvalue weighted by molar-refractivity contribution is 6.42. The highest BCUT2D eigenvalue weighted by Gasteiger charge is 2.08. The maximum Gasteiger partial charge on any atom is 0.129 e. The lowest BCUT2D eigenvalue weighted by Crippen LogP contribution is -2.13. The van der Waals surface area contributed by atoms with Gasteiger partial charge in [-0.15, -0.1) is 0 Å². The van der Waals surface area contributed by atoms with Gasteiger partial charge in [0.05, 0.1) is 22.7 Å². The fourth-order valence-corrected chi connectivity index (χ4v) is 2.08. The van der Waals surface area contributed by atoms with Gasteiger partial charge in [-0.3, -0.25) is 5.41 Å². The first-order valence-electron chi connectivity index (χ1n) is 6.10. The molecule has 0 saturated heterocycles. The molecule has 0 radical (unpaired) electrons. The summed E-state index contributed by atoms with van der Waals surface area (Å²) >= 11 is 11.8. The number of halogens is 2. The SMILES string of the molecule is COc1ccc(COc2ccc(Cl)c(Cl)c2)cc1C(=N)N. The summed E-state index contributed by atoms with van der Waals surface area (Å²) in [6.07, 6.45) is 0. The van der Waals surface area contributed by atoms with E-state index in [1.54, 1.807) is 30.3 Å². The Morgan fingerprint density at radius 1 is 1.14 bits per heavy atom. The second kappa shape index (κ2) is 6.70. The number of ether oxygens (including phenoxy) is 2. The average molecular weight is 325 g/mol. The summed E-state index contributed by atoms with van der Waals surface area (Å²) in [5.74, 6) is 1.12. The number of nitrogens with one attached hydrogen (secondary N) is 1. The van der Waals surface area contributed by atoms with Crippen LogP contribution in [0.1, 0.15) is 11.1 Å². The van der Waals surface area contributed by atoms with Crippen LogP contribution in [0, 0.1) is 5.41 Å². The molecule has 0 aliphatic heterocycles. The summed E-state index contributed by atoms with van der Waals surface area (Å²) in [4.78, 5) is 0. The Morgan fingerprint density at radius 3 is 2.52 bits per heavy atom. The van der Waals surface area contributed by atoms with Gasteiger partial charge < -0.3 is 15.2 Å². The van der Waals surface area contributed by atoms with Crippen molar-refractivity contribution in [1.82, 2.24) is 0 Å². The number of nitrogens with two attached hydrogens (primary N) is 1. The van der Waals surface area contributed by atoms with Gasteiger partial charge in [0, 0.05) is 6.07 Å². The lowest BCUT2D eigenvalue weighted by atomic mass is 10.1. The standard InChI is InChI=1S/C15H14Cl2N2O2/c1-20-14-5-2-9(6-11(14)15(18)19)8-21-10-3-4-12(16)13(17)7-10/h2-7H,8H2,1H3,(H3,18,19). The number of nitrogen functional groups attached to an aromatic ring is 1. The van der Waals surface area contributed by atoms with Crippen LogP contribution in [0.4, 0.5) is 0 Å². The molecule has 110 valence electrons. The molecule has 0 spiro atoms. The van der Waals surface area contributed by atoms with Crippen LogP contribution in [0.2, 0.25) is 10.0 Å². The van der Waals surface area contributed by atoms with Crippen molar-refractivity contribution in [2.24, 2.45) is 5.73 Å². The zero-order valence-electron chi connectivity index (χ0n) is 11.3. The molecule has 2 aromatic carbocycles. The molecule has 0 amide bonds. The third kappa shape index (κ3) is 3.80. The predicted molar refractivity (Wildman–Crippen MR) is 84.8 cm³/mol. The lowest BCUT2D eigenvalue weighted by Gasteiger charge is -2.11. The van der Waals surface area contributed by atoms with Crippen LogP contribution in [0.5, 0.6) is 11.5 Å². The molecule has 0 unspecified atom stereocenters. The summed E-state index contributed by atoms with van der Waals surface area (Å²) in [7, 11) is 1.54. The van der Waals surface area contributed by atoms with E-state index in [1.807, 2.05) is 6.07 Å². The van der Waals surface area contributed by atoms with Crippen LogP contribution in [-0.4, -0.2) is 12.9 Å². The second-order valence-corrected chi connectivity index (χ2v) is 5.13. The van der Waals surface area contributed by atoms with Crippen LogP contribution in [0.25, 0.3) is 0 Å². The number of methoxy groups -OCH3 is 1. The van der Waals surface area contributed by atoms with Gasteiger partial charge in [0.25, 0.3) is 0 Å². The van der Waals surface area contributed by atoms with E-state index in [0.29, 0.717) is 33.7 Å². The number of rotatable bonds is 5. The molecule has 0 fully saturated rings. The summed E-state index contributed by atoms with van der Waals surface area (Å²) in [5.41, 5.74) is 6.94. The van der Waals surface area contributed by atoms with Crippen molar-refractivity contribution in [3.05, 3.63) is 57.6 Å². The molecule has 2 aromatic rings. The van der Waals surface area contributed by atoms with Gasteiger partial charge in [0.2, 0.25) is 0 Å². The van der Waals surface area contributed by atoms with E-state index in [1.165, 1.54) is 7.11 Å². The molecule has 6 heteroatoms. The minimum absolute atomic E-state index is 0.0526. The highest BCUT2D eigenvalue weighted by Crippen LogP contribution is 2.27. The summed E-state index contributed by atoms with van der Waals surface area (Å²) in [5, 5.41) is 8.47. The van der Waals surface area contributed by atoms with E-state index in [0.717, 1.165) is 5.56 Å². The van der Waals surface area contributed by atoms with Gasteiger partial charge >= 0.3 is 0 Å². The Kier molecular flexibility index (Phi) is 4.94. The zero-order valence-corrected chi connectivity index (χ0v) is 12.8. The Balaban J connectivity index is 2.14. The molecule has 3 N–H and O–H groups in total. The Labute approximate surface area is 132 Å². The maximum atomic E-state index is 7.55. The minimum atomic E-state index is -0.0526. The van der Waals surface area contributed by atoms with Crippen molar-refractivity contribution in [2.45, 2.75) is 6.61 Å². The van der Waals surface area contributed by atoms with Crippen LogP contribution in [-0.2, 0) is 6.61 Å². The van der Waals surface area contributed by atoms with Crippen molar-refractivity contribution in [3.8, 4) is 11.5 Å². The molecule has 2 rings (SSSR count). The molecule has 0 bridgehead atoms. The number of hydrogen-bond donors (Lipinski definition) is 2. The molecule has 0 aliphatic rings. The quantitative estimate of drug-likeness (QED) is 0.648. The molecular formula is C15H14Cl2N2O2. The van der Waals surface area contributed by atoms with E-state index in [2.05, 4.69) is 0 Å². The van der Waals surface area contributed by atoms with Crippen molar-refractivity contribution in [2.75, 3.05) is 7.11 Å². The lowest BCUT2D eigenvalue weighted by molar-refractivity contribution is 0.306. The first-order chi connectivity index (χ1) is 10.0. The smallest absolute Gasteiger partial charge is 0.129 e. The molecule has 21 heavy (non-hydrogen) atoms. The van der Waals surface area contributed by atoms with E-state index < -0.39 is 0 Å². The average Bonchev–Trinajstić information content (AvgIpc) is 2.48. The topological polar surface area (TPSA) is 68.3 Å². The van der Waals surface area contributed by atoms with Crippen LogP contribution < -0.4 is 15.2 Å². The first-order valence-corrected chi connectivity index (χ1v) is 6.86. The van der Waals surface area contributed by atoms with E-state index in [9.17, 15) is 0 Å². The van der Waals surface area contributed by atoms with Gasteiger partial charge in [0.1, 0.15) is 23.9 Å². The number of benzene rings is 2. The Morgan fingerprint density at radius 2 is 1.90 bits per heavy atom. The van der Waals surface area contributed by atoms with Crippen molar-refractivity contribution < 1.29 is 9.47 Å². The summed E-state index contributed by atoms with van der Waals surface area (Å²) < 4.78 is 10.8. The summed E-state index contributed by atoms with van der Waals surface area (Å²) in [6, 6.07) is 10.4. The number of amidine groups is 1. The van der Waals surface area contributed by atoms with Gasteiger partial charge in [-0.1, -0.05) is 29.3 Å². The monoisotopic (exact) mass is 324 g/mol. The van der Waals surface area contributed by atoms with Crippen LogP contribution >= 0.6 is 23.2 Å². The van der Waals surface area contributed by atoms with Crippen molar-refractivity contribution in [1.29, 1.82) is 5.41 Å². The van der Waals surface area contributed by atoms with E-state index in [-0.39, 0.29) is 5.84 Å². The normalized spacial score (nSPS) is 10.2. The fourth-order valence-electron chi connectivity index (χ4n) is 1.79. The van der Waals surface area contributed by atoms with Crippen LogP contribution in [0.3, 0.4) is 0 Å². The first kappa shape index (κ1) is 15.5. The minimum Gasteiger partial charge on any atom is -0.496 e. The van der Waals surface area contributed by atoms with Crippen LogP contribution in [0.15, 0.2) is 36.4 Å². The molecule has 0 heterocycles. The molecule has 0 atom stereocenters. The maximum absolute atomic E-state index is 7.55. The molecular weight excluding hydrogens is 311 g/mol. The Bertz CT molecular complexity index is 675. The summed E-state index contributed by atoms with van der Waals surface area (Å²) in [6.45, 7) is 0.322. The fraction of sp³-hybridized carbons (Fsp3) is 0.133. The van der Waals surface area contributed by atoms with Gasteiger partial charge in [-0.25, -0.2) is 0 Å². The van der Waals surface area contributed by atoms with Gasteiger partial charge in [-0.2, -0.15) is 0 Å². The third-order valence-corrected chi connectivity index (χ3v) is 3.59. The predicted octanol–water partition coefficient (Wildman–Crippen LogP) is 3.87. The molecule has 0 aromatic heterocycles. The van der Waals surface area contributed by atoms with Crippen molar-refractivity contribution >= 4 is 29.0 Å². The van der Waals surface area contributed by atoms with Gasteiger partial charge in [0.15, 0.2) is 0 Å². The highest BCUT2D eigenvalue weighted by atomic mass is 35.5. The third-order valence-electron chi connectivity index (χ3n) is 2.85. The van der Waals surface area contributed by atoms with Crippen molar-refractivity contribution in [3.63, 3.8) is 0 Å².